The summed E-state index contributed by atoms with van der Waals surface area (Å²) in [7, 11) is 0.768. The van der Waals surface area contributed by atoms with Crippen molar-refractivity contribution in [3.63, 3.8) is 0 Å². The SMILES string of the molecule is CC(Cc1ccccc1)(Cc1ccccc1)O[SiH3]. The molecule has 0 aliphatic rings. The van der Waals surface area contributed by atoms with Gasteiger partial charge in [0.05, 0.1) is 5.60 Å². The molecule has 2 rings (SSSR count). The van der Waals surface area contributed by atoms with Crippen molar-refractivity contribution in [1.82, 2.24) is 0 Å². The van der Waals surface area contributed by atoms with E-state index in [1.165, 1.54) is 11.1 Å². The lowest BCUT2D eigenvalue weighted by molar-refractivity contribution is 0.102. The molecule has 2 heteroatoms. The van der Waals surface area contributed by atoms with Gasteiger partial charge in [-0.1, -0.05) is 60.7 Å². The van der Waals surface area contributed by atoms with Gasteiger partial charge in [0, 0.05) is 12.8 Å². The first-order valence-corrected chi connectivity index (χ1v) is 7.16. The largest absolute Gasteiger partial charge is 0.422 e. The lowest BCUT2D eigenvalue weighted by Crippen LogP contribution is -2.33. The highest BCUT2D eigenvalue weighted by Crippen LogP contribution is 2.21. The summed E-state index contributed by atoms with van der Waals surface area (Å²) in [5.74, 6) is 0. The Morgan fingerprint density at radius 3 is 1.56 bits per heavy atom. The standard InChI is InChI=1S/C16H20OSi/c1-16(17-18,12-14-8-4-2-5-9-14)13-15-10-6-3-7-11-15/h2-11H,12-13H2,1,18H3. The van der Waals surface area contributed by atoms with Gasteiger partial charge in [-0.05, 0) is 18.1 Å². The molecular weight excluding hydrogens is 236 g/mol. The van der Waals surface area contributed by atoms with Crippen molar-refractivity contribution < 1.29 is 4.43 Å². The predicted octanol–water partition coefficient (Wildman–Crippen LogP) is 2.53. The van der Waals surface area contributed by atoms with Crippen LogP contribution in [0.5, 0.6) is 0 Å². The van der Waals surface area contributed by atoms with Crippen LogP contribution in [0.2, 0.25) is 0 Å². The van der Waals surface area contributed by atoms with E-state index in [0.29, 0.717) is 0 Å². The minimum atomic E-state index is -0.0884. The molecule has 0 amide bonds. The highest BCUT2D eigenvalue weighted by atomic mass is 28.2. The van der Waals surface area contributed by atoms with Gasteiger partial charge in [0.1, 0.15) is 10.5 Å². The zero-order valence-electron chi connectivity index (χ0n) is 11.1. The Bertz CT molecular complexity index is 425. The molecule has 0 bridgehead atoms. The molecule has 0 spiro atoms. The van der Waals surface area contributed by atoms with E-state index in [-0.39, 0.29) is 5.60 Å². The van der Waals surface area contributed by atoms with Gasteiger partial charge in [-0.2, -0.15) is 0 Å². The molecule has 0 heterocycles. The van der Waals surface area contributed by atoms with Crippen LogP contribution in [0.15, 0.2) is 60.7 Å². The number of hydrogen-bond acceptors (Lipinski definition) is 1. The summed E-state index contributed by atoms with van der Waals surface area (Å²) in [6, 6.07) is 21.1. The van der Waals surface area contributed by atoms with Crippen LogP contribution in [-0.2, 0) is 17.3 Å². The van der Waals surface area contributed by atoms with E-state index in [1.807, 2.05) is 0 Å². The summed E-state index contributed by atoms with van der Waals surface area (Å²) in [5, 5.41) is 0. The van der Waals surface area contributed by atoms with Crippen LogP contribution in [0, 0.1) is 0 Å². The van der Waals surface area contributed by atoms with Crippen LogP contribution in [0.3, 0.4) is 0 Å². The third kappa shape index (κ3) is 3.55. The van der Waals surface area contributed by atoms with Crippen LogP contribution in [-0.4, -0.2) is 16.1 Å². The van der Waals surface area contributed by atoms with Gasteiger partial charge in [-0.3, -0.25) is 0 Å². The molecule has 0 aromatic heterocycles. The van der Waals surface area contributed by atoms with Gasteiger partial charge < -0.3 is 4.43 Å². The first-order valence-electron chi connectivity index (χ1n) is 6.35. The molecule has 0 aliphatic carbocycles. The second-order valence-corrected chi connectivity index (χ2v) is 5.39. The Morgan fingerprint density at radius 2 is 1.22 bits per heavy atom. The van der Waals surface area contributed by atoms with E-state index in [1.54, 1.807) is 0 Å². The quantitative estimate of drug-likeness (QED) is 0.747. The van der Waals surface area contributed by atoms with Crippen molar-refractivity contribution in [2.45, 2.75) is 25.4 Å². The molecule has 1 nitrogen and oxygen atoms in total. The Hall–Kier alpha value is -1.38. The predicted molar refractivity (Wildman–Crippen MR) is 79.7 cm³/mol. The van der Waals surface area contributed by atoms with Crippen molar-refractivity contribution in [2.75, 3.05) is 0 Å². The molecule has 0 unspecified atom stereocenters. The van der Waals surface area contributed by atoms with Crippen molar-refractivity contribution in [2.24, 2.45) is 0 Å². The van der Waals surface area contributed by atoms with Crippen LogP contribution >= 0.6 is 0 Å². The third-order valence-corrected chi connectivity index (χ3v) is 4.32. The van der Waals surface area contributed by atoms with Crippen molar-refractivity contribution in [1.29, 1.82) is 0 Å². The van der Waals surface area contributed by atoms with Crippen LogP contribution in [0.1, 0.15) is 18.1 Å². The summed E-state index contributed by atoms with van der Waals surface area (Å²) < 4.78 is 5.88. The maximum atomic E-state index is 5.88. The van der Waals surface area contributed by atoms with Gasteiger partial charge in [-0.25, -0.2) is 0 Å². The molecule has 0 saturated heterocycles. The second kappa shape index (κ2) is 5.98. The minimum absolute atomic E-state index is 0.0884. The first-order chi connectivity index (χ1) is 8.72. The summed E-state index contributed by atoms with van der Waals surface area (Å²) in [4.78, 5) is 0. The van der Waals surface area contributed by atoms with E-state index in [4.69, 9.17) is 4.43 Å². The molecule has 2 aromatic rings. The van der Waals surface area contributed by atoms with E-state index in [9.17, 15) is 0 Å². The first kappa shape index (κ1) is 13.1. The average Bonchev–Trinajstić information content (AvgIpc) is 2.41. The maximum Gasteiger partial charge on any atom is 0.146 e. The number of benzene rings is 2. The normalized spacial score (nSPS) is 11.6. The van der Waals surface area contributed by atoms with Crippen LogP contribution in [0.4, 0.5) is 0 Å². The van der Waals surface area contributed by atoms with E-state index in [0.717, 1.165) is 23.3 Å². The minimum Gasteiger partial charge on any atom is -0.422 e. The molecule has 0 radical (unpaired) electrons. The maximum absolute atomic E-state index is 5.88. The van der Waals surface area contributed by atoms with Gasteiger partial charge in [-0.15, -0.1) is 0 Å². The summed E-state index contributed by atoms with van der Waals surface area (Å²) in [6.07, 6.45) is 1.93. The van der Waals surface area contributed by atoms with Crippen LogP contribution in [0.25, 0.3) is 0 Å². The molecular formula is C16H20OSi. The smallest absolute Gasteiger partial charge is 0.146 e. The lowest BCUT2D eigenvalue weighted by Gasteiger charge is -2.29. The molecule has 0 saturated carbocycles. The Morgan fingerprint density at radius 1 is 0.833 bits per heavy atom. The monoisotopic (exact) mass is 256 g/mol. The van der Waals surface area contributed by atoms with Gasteiger partial charge in [0.15, 0.2) is 0 Å². The summed E-state index contributed by atoms with van der Waals surface area (Å²) >= 11 is 0. The third-order valence-electron chi connectivity index (χ3n) is 3.33. The zero-order chi connectivity index (χ0) is 12.8. The molecule has 0 atom stereocenters. The Kier molecular flexibility index (Phi) is 4.34. The molecule has 0 aliphatic heterocycles. The number of rotatable bonds is 5. The fourth-order valence-corrected chi connectivity index (χ4v) is 2.55. The second-order valence-electron chi connectivity index (χ2n) is 4.98. The Labute approximate surface area is 112 Å². The Balaban J connectivity index is 2.11. The van der Waals surface area contributed by atoms with Gasteiger partial charge >= 0.3 is 0 Å². The van der Waals surface area contributed by atoms with E-state index < -0.39 is 0 Å². The molecule has 0 N–H and O–H groups in total. The zero-order valence-corrected chi connectivity index (χ0v) is 13.1. The van der Waals surface area contributed by atoms with Crippen LogP contribution < -0.4 is 0 Å². The highest BCUT2D eigenvalue weighted by Gasteiger charge is 2.23. The molecule has 18 heavy (non-hydrogen) atoms. The molecule has 94 valence electrons. The topological polar surface area (TPSA) is 9.23 Å². The van der Waals surface area contributed by atoms with Gasteiger partial charge in [0.25, 0.3) is 0 Å². The molecule has 2 aromatic carbocycles. The van der Waals surface area contributed by atoms with Crippen molar-refractivity contribution in [3.05, 3.63) is 71.8 Å². The van der Waals surface area contributed by atoms with Crippen molar-refractivity contribution in [3.8, 4) is 0 Å². The fraction of sp³-hybridized carbons (Fsp3) is 0.250. The van der Waals surface area contributed by atoms with E-state index >= 15 is 0 Å². The fourth-order valence-electron chi connectivity index (χ4n) is 2.26. The highest BCUT2D eigenvalue weighted by molar-refractivity contribution is 5.98. The van der Waals surface area contributed by atoms with Gasteiger partial charge in [0.2, 0.25) is 0 Å². The average molecular weight is 256 g/mol. The lowest BCUT2D eigenvalue weighted by atomic mass is 9.90. The summed E-state index contributed by atoms with van der Waals surface area (Å²) in [6.45, 7) is 2.21. The summed E-state index contributed by atoms with van der Waals surface area (Å²) in [5.41, 5.74) is 2.59. The van der Waals surface area contributed by atoms with E-state index in [2.05, 4.69) is 67.6 Å². The number of hydrogen-bond donors (Lipinski definition) is 0. The molecule has 0 fully saturated rings. The van der Waals surface area contributed by atoms with Crippen molar-refractivity contribution >= 4 is 10.5 Å².